The Bertz CT molecular complexity index is 2330. The highest BCUT2D eigenvalue weighted by molar-refractivity contribution is 6.06. The summed E-state index contributed by atoms with van der Waals surface area (Å²) in [5, 5.41) is 5.72. The van der Waals surface area contributed by atoms with Crippen molar-refractivity contribution < 1.29 is 46.6 Å². The summed E-state index contributed by atoms with van der Waals surface area (Å²) in [7, 11) is 1.25. The number of H-pyrrole nitrogens is 1. The van der Waals surface area contributed by atoms with Crippen molar-refractivity contribution >= 4 is 35.3 Å². The van der Waals surface area contributed by atoms with Crippen LogP contribution in [0.3, 0.4) is 0 Å². The fraction of sp³-hybridized carbons (Fsp3) is 0.478. The van der Waals surface area contributed by atoms with Crippen molar-refractivity contribution in [2.45, 2.75) is 78.4 Å². The highest BCUT2D eigenvalue weighted by Gasteiger charge is 2.42. The number of hydrogen-bond acceptors (Lipinski definition) is 10. The van der Waals surface area contributed by atoms with Crippen LogP contribution in [0, 0.1) is 17.3 Å². The number of hydrogen-bond donors (Lipinski definition) is 3. The van der Waals surface area contributed by atoms with Crippen LogP contribution in [0.5, 0.6) is 5.75 Å². The molecule has 7 rings (SSSR count). The molecular weight excluding hydrogens is 834 g/mol. The SMILES string of the molecule is COC(=O)N[C@H](C(=O)N1C[C@@H](C)C[C@H]1c1ncc(-c2ccc(-c3ccccc3OC(F)(F)F)cc2NC(=O)c2ccc(N3CCN(C(=O)C(C)(C)C)C[C@H]3C)nc2)[nH]1)C1CCOCC1. The number of amides is 4. The monoisotopic (exact) mass is 888 g/mol. The first-order chi connectivity index (χ1) is 30.4. The van der Waals surface area contributed by atoms with Gasteiger partial charge < -0.3 is 44.5 Å². The molecule has 3 N–H and O–H groups in total. The van der Waals surface area contributed by atoms with Crippen LogP contribution in [0.15, 0.2) is 67.0 Å². The molecule has 3 saturated heterocycles. The minimum absolute atomic E-state index is 0.0244. The number of anilines is 2. The zero-order chi connectivity index (χ0) is 45.9. The third-order valence-corrected chi connectivity index (χ3v) is 12.0. The molecule has 0 aliphatic carbocycles. The third kappa shape index (κ3) is 10.4. The second-order valence-electron chi connectivity index (χ2n) is 17.8. The Balaban J connectivity index is 1.17. The molecule has 0 saturated carbocycles. The largest absolute Gasteiger partial charge is 0.573 e. The van der Waals surface area contributed by atoms with Crippen LogP contribution in [0.1, 0.15) is 76.1 Å². The summed E-state index contributed by atoms with van der Waals surface area (Å²) < 4.78 is 55.3. The molecule has 15 nitrogen and oxygen atoms in total. The molecule has 18 heteroatoms. The lowest BCUT2D eigenvalue weighted by molar-refractivity contribution is -0.274. The van der Waals surface area contributed by atoms with Crippen molar-refractivity contribution in [3.63, 3.8) is 0 Å². The van der Waals surface area contributed by atoms with Gasteiger partial charge >= 0.3 is 12.5 Å². The molecule has 4 atom stereocenters. The van der Waals surface area contributed by atoms with E-state index < -0.39 is 41.6 Å². The smallest absolute Gasteiger partial charge is 0.453 e. The number of halogens is 3. The molecule has 3 aliphatic heterocycles. The number of carbonyl (C=O) groups is 4. The number of pyridine rings is 1. The number of rotatable bonds is 10. The second kappa shape index (κ2) is 18.9. The summed E-state index contributed by atoms with van der Waals surface area (Å²) in [6.45, 7) is 12.8. The molecule has 4 amide bonds. The van der Waals surface area contributed by atoms with Gasteiger partial charge in [0, 0.05) is 68.2 Å². The molecule has 342 valence electrons. The Kier molecular flexibility index (Phi) is 13.5. The number of alkyl halides is 3. The summed E-state index contributed by atoms with van der Waals surface area (Å²) in [5.41, 5.74) is 1.42. The molecule has 4 aromatic rings. The topological polar surface area (TPSA) is 171 Å². The molecule has 3 fully saturated rings. The van der Waals surface area contributed by atoms with Crippen LogP contribution in [0.4, 0.5) is 29.5 Å². The second-order valence-corrected chi connectivity index (χ2v) is 17.8. The van der Waals surface area contributed by atoms with E-state index in [0.29, 0.717) is 87.1 Å². The van der Waals surface area contributed by atoms with E-state index in [9.17, 15) is 32.3 Å². The minimum atomic E-state index is -4.94. The quantitative estimate of drug-likeness (QED) is 0.146. The molecule has 0 spiro atoms. The van der Waals surface area contributed by atoms with Gasteiger partial charge in [0.15, 0.2) is 0 Å². The fourth-order valence-corrected chi connectivity index (χ4v) is 8.80. The number of para-hydroxylation sites is 1. The maximum absolute atomic E-state index is 14.3. The van der Waals surface area contributed by atoms with E-state index in [2.05, 4.69) is 30.2 Å². The van der Waals surface area contributed by atoms with Crippen LogP contribution < -0.4 is 20.3 Å². The Morgan fingerprint density at radius 3 is 2.34 bits per heavy atom. The average molecular weight is 889 g/mol. The number of aromatic amines is 1. The Hall–Kier alpha value is -6.17. The van der Waals surface area contributed by atoms with Crippen molar-refractivity contribution in [3.05, 3.63) is 78.4 Å². The van der Waals surface area contributed by atoms with Gasteiger partial charge in [-0.1, -0.05) is 58.0 Å². The predicted molar refractivity (Wildman–Crippen MR) is 232 cm³/mol. The zero-order valence-corrected chi connectivity index (χ0v) is 36.8. The predicted octanol–water partition coefficient (Wildman–Crippen LogP) is 7.43. The van der Waals surface area contributed by atoms with Gasteiger partial charge in [0.25, 0.3) is 5.91 Å². The Labute approximate surface area is 370 Å². The standard InChI is InChI=1S/C46H55F3N8O7/c1-27-21-36(57(25-27)42(59)39(54-44(61)62-6)29-15-19-63-20-16-29)40-51-24-35(52-40)33-13-11-30(32-9-7-8-10-37(32)64-46(47,48)49)22-34(33)53-41(58)31-12-14-38(50-23-31)56-18-17-55(26-28(56)2)43(60)45(3,4)5/h7-14,22-24,27-29,36,39H,15-21,25-26H2,1-6H3,(H,51,52)(H,53,58)(H,54,61)/t27-,28+,36-,39-/m0/s1. The average Bonchev–Trinajstić information content (AvgIpc) is 3.91. The van der Waals surface area contributed by atoms with Gasteiger partial charge in [-0.05, 0) is 67.9 Å². The summed E-state index contributed by atoms with van der Waals surface area (Å²) in [5.74, 6) is -0.0277. The van der Waals surface area contributed by atoms with Crippen molar-refractivity contribution in [2.75, 3.05) is 56.7 Å². The molecular formula is C46H55F3N8O7. The third-order valence-electron chi connectivity index (χ3n) is 12.0. The fourth-order valence-electron chi connectivity index (χ4n) is 8.80. The lowest BCUT2D eigenvalue weighted by Crippen LogP contribution is -2.56. The highest BCUT2D eigenvalue weighted by atomic mass is 19.4. The van der Waals surface area contributed by atoms with Crippen LogP contribution in [-0.2, 0) is 19.1 Å². The van der Waals surface area contributed by atoms with Gasteiger partial charge in [-0.25, -0.2) is 14.8 Å². The van der Waals surface area contributed by atoms with Crippen molar-refractivity contribution in [1.29, 1.82) is 0 Å². The van der Waals surface area contributed by atoms with Gasteiger partial charge in [-0.2, -0.15) is 0 Å². The van der Waals surface area contributed by atoms with Crippen LogP contribution in [-0.4, -0.2) is 114 Å². The van der Waals surface area contributed by atoms with Gasteiger partial charge in [-0.3, -0.25) is 14.4 Å². The number of nitrogens with one attached hydrogen (secondary N) is 3. The molecule has 3 aliphatic rings. The summed E-state index contributed by atoms with van der Waals surface area (Å²) >= 11 is 0. The number of carbonyl (C=O) groups excluding carboxylic acids is 4. The Morgan fingerprint density at radius 2 is 1.67 bits per heavy atom. The first-order valence-electron chi connectivity index (χ1n) is 21.5. The maximum Gasteiger partial charge on any atom is 0.573 e. The van der Waals surface area contributed by atoms with Crippen LogP contribution in [0.2, 0.25) is 0 Å². The number of methoxy groups -OCH3 is 1. The zero-order valence-electron chi connectivity index (χ0n) is 36.8. The summed E-state index contributed by atoms with van der Waals surface area (Å²) in [4.78, 5) is 72.1. The van der Waals surface area contributed by atoms with E-state index in [-0.39, 0.29) is 46.5 Å². The molecule has 2 aromatic carbocycles. The van der Waals surface area contributed by atoms with Crippen molar-refractivity contribution in [3.8, 4) is 28.1 Å². The van der Waals surface area contributed by atoms with E-state index in [0.717, 1.165) is 0 Å². The summed E-state index contributed by atoms with van der Waals surface area (Å²) in [6.07, 6.45) is -0.831. The number of imidazole rings is 1. The van der Waals surface area contributed by atoms with E-state index in [1.54, 1.807) is 47.5 Å². The molecule has 2 aromatic heterocycles. The Morgan fingerprint density at radius 1 is 0.922 bits per heavy atom. The maximum atomic E-state index is 14.3. The summed E-state index contributed by atoms with van der Waals surface area (Å²) in [6, 6.07) is 12.7. The van der Waals surface area contributed by atoms with Crippen LogP contribution >= 0.6 is 0 Å². The van der Waals surface area contributed by atoms with Gasteiger partial charge in [0.2, 0.25) is 11.8 Å². The lowest BCUT2D eigenvalue weighted by atomic mass is 9.90. The molecule has 5 heterocycles. The first kappa shape index (κ1) is 45.8. The number of alkyl carbamates (subject to hydrolysis) is 1. The number of likely N-dealkylation sites (tertiary alicyclic amines) is 1. The van der Waals surface area contributed by atoms with E-state index >= 15 is 0 Å². The molecule has 0 radical (unpaired) electrons. The normalized spacial score (nSPS) is 20.1. The molecule has 0 bridgehead atoms. The minimum Gasteiger partial charge on any atom is -0.453 e. The number of nitrogens with zero attached hydrogens (tertiary/aromatic N) is 5. The van der Waals surface area contributed by atoms with E-state index in [1.165, 1.54) is 31.5 Å². The number of ether oxygens (including phenoxy) is 3. The van der Waals surface area contributed by atoms with Gasteiger partial charge in [0.1, 0.15) is 23.4 Å². The molecule has 0 unspecified atom stereocenters. The van der Waals surface area contributed by atoms with E-state index in [4.69, 9.17) is 14.5 Å². The van der Waals surface area contributed by atoms with E-state index in [1.807, 2.05) is 39.5 Å². The van der Waals surface area contributed by atoms with Crippen molar-refractivity contribution in [1.82, 2.24) is 30.1 Å². The van der Waals surface area contributed by atoms with Crippen molar-refractivity contribution in [2.24, 2.45) is 17.3 Å². The number of benzene rings is 2. The lowest BCUT2D eigenvalue weighted by Gasteiger charge is -2.42. The highest BCUT2D eigenvalue weighted by Crippen LogP contribution is 2.40. The number of piperazine rings is 1. The molecule has 64 heavy (non-hydrogen) atoms. The van der Waals surface area contributed by atoms with Crippen LogP contribution in [0.25, 0.3) is 22.4 Å². The first-order valence-corrected chi connectivity index (χ1v) is 21.5. The van der Waals surface area contributed by atoms with Gasteiger partial charge in [0.05, 0.1) is 36.3 Å². The number of aromatic nitrogens is 3. The van der Waals surface area contributed by atoms with Gasteiger partial charge in [-0.15, -0.1) is 13.2 Å².